The summed E-state index contributed by atoms with van der Waals surface area (Å²) in [6.07, 6.45) is 2.89. The Bertz CT molecular complexity index is 1260. The van der Waals surface area contributed by atoms with E-state index < -0.39 is 29.2 Å². The van der Waals surface area contributed by atoms with Crippen LogP contribution in [0.4, 0.5) is 4.79 Å². The van der Waals surface area contributed by atoms with Gasteiger partial charge in [-0.3, -0.25) is 14.4 Å². The Labute approximate surface area is 260 Å². The summed E-state index contributed by atoms with van der Waals surface area (Å²) in [6, 6.07) is 19.0. The van der Waals surface area contributed by atoms with Gasteiger partial charge >= 0.3 is 12.1 Å². The summed E-state index contributed by atoms with van der Waals surface area (Å²) in [5, 5.41) is 5.71. The zero-order valence-corrected chi connectivity index (χ0v) is 26.2. The summed E-state index contributed by atoms with van der Waals surface area (Å²) in [5.74, 6) is -0.997. The van der Waals surface area contributed by atoms with Crippen LogP contribution in [-0.4, -0.2) is 83.6 Å². The predicted molar refractivity (Wildman–Crippen MR) is 167 cm³/mol. The first-order valence-corrected chi connectivity index (χ1v) is 15.6. The minimum Gasteiger partial charge on any atom is -0.459 e. The average Bonchev–Trinajstić information content (AvgIpc) is 3.00. The number of nitrogens with zero attached hydrogens (tertiary/aromatic N) is 2. The van der Waals surface area contributed by atoms with Gasteiger partial charge in [-0.15, -0.1) is 0 Å². The summed E-state index contributed by atoms with van der Waals surface area (Å²) in [7, 11) is 0. The first-order valence-electron chi connectivity index (χ1n) is 15.6. The molecule has 2 aromatic rings. The largest absolute Gasteiger partial charge is 0.459 e. The smallest absolute Gasteiger partial charge is 0.407 e. The number of benzene rings is 2. The third-order valence-corrected chi connectivity index (χ3v) is 8.16. The van der Waals surface area contributed by atoms with E-state index in [0.29, 0.717) is 51.7 Å². The van der Waals surface area contributed by atoms with E-state index in [1.165, 1.54) is 10.5 Å². The number of alkyl carbamates (subject to hydrolysis) is 1. The Morgan fingerprint density at radius 3 is 2.23 bits per heavy atom. The van der Waals surface area contributed by atoms with Crippen LogP contribution in [0, 0.1) is 0 Å². The second-order valence-corrected chi connectivity index (χ2v) is 12.6. The molecule has 44 heavy (non-hydrogen) atoms. The number of ether oxygens (including phenoxy) is 2. The van der Waals surface area contributed by atoms with Crippen LogP contribution in [0.1, 0.15) is 64.0 Å². The Hall–Kier alpha value is -3.92. The second-order valence-electron chi connectivity index (χ2n) is 12.6. The number of hydrogen-bond acceptors (Lipinski definition) is 7. The first-order chi connectivity index (χ1) is 21.1. The van der Waals surface area contributed by atoms with E-state index >= 15 is 0 Å². The highest BCUT2D eigenvalue weighted by Crippen LogP contribution is 2.34. The van der Waals surface area contributed by atoms with E-state index in [2.05, 4.69) is 27.7 Å². The summed E-state index contributed by atoms with van der Waals surface area (Å²) < 4.78 is 10.8. The van der Waals surface area contributed by atoms with Gasteiger partial charge in [0.25, 0.3) is 0 Å². The van der Waals surface area contributed by atoms with Crippen LogP contribution < -0.4 is 10.6 Å². The molecule has 2 saturated heterocycles. The number of carbonyl (C=O) groups excluding carboxylic acids is 4. The van der Waals surface area contributed by atoms with Crippen molar-refractivity contribution in [2.75, 3.05) is 32.7 Å². The van der Waals surface area contributed by atoms with Crippen LogP contribution in [0.2, 0.25) is 0 Å². The van der Waals surface area contributed by atoms with E-state index in [9.17, 15) is 19.2 Å². The molecule has 10 heteroatoms. The number of piperidine rings is 1. The van der Waals surface area contributed by atoms with Gasteiger partial charge in [-0.2, -0.15) is 0 Å². The van der Waals surface area contributed by atoms with Gasteiger partial charge in [0.15, 0.2) is 0 Å². The topological polar surface area (TPSA) is 117 Å². The average molecular weight is 607 g/mol. The fourth-order valence-corrected chi connectivity index (χ4v) is 5.82. The van der Waals surface area contributed by atoms with Gasteiger partial charge in [-0.25, -0.2) is 4.79 Å². The van der Waals surface area contributed by atoms with Crippen molar-refractivity contribution in [3.8, 4) is 0 Å². The summed E-state index contributed by atoms with van der Waals surface area (Å²) in [5.41, 5.74) is 0.367. The lowest BCUT2D eigenvalue weighted by Gasteiger charge is -2.51. The van der Waals surface area contributed by atoms with Gasteiger partial charge in [0.2, 0.25) is 11.8 Å². The van der Waals surface area contributed by atoms with E-state index in [1.807, 2.05) is 48.5 Å². The molecule has 3 amide bonds. The number of esters is 1. The molecule has 2 aliphatic rings. The highest BCUT2D eigenvalue weighted by molar-refractivity contribution is 6.01. The third-order valence-electron chi connectivity index (χ3n) is 8.16. The van der Waals surface area contributed by atoms with E-state index in [4.69, 9.17) is 9.47 Å². The molecule has 2 heterocycles. The maximum Gasteiger partial charge on any atom is 0.407 e. The van der Waals surface area contributed by atoms with Crippen molar-refractivity contribution in [3.63, 3.8) is 0 Å². The molecular formula is C34H46N4O6. The Morgan fingerprint density at radius 1 is 0.955 bits per heavy atom. The van der Waals surface area contributed by atoms with Crippen molar-refractivity contribution in [1.29, 1.82) is 0 Å². The Kier molecular flexibility index (Phi) is 11.4. The van der Waals surface area contributed by atoms with Crippen molar-refractivity contribution in [2.45, 2.75) is 83.1 Å². The van der Waals surface area contributed by atoms with Crippen LogP contribution in [0.15, 0.2) is 60.7 Å². The molecule has 0 aliphatic carbocycles. The van der Waals surface area contributed by atoms with Gasteiger partial charge in [0.1, 0.15) is 30.3 Å². The molecule has 0 unspecified atom stereocenters. The predicted octanol–water partition coefficient (Wildman–Crippen LogP) is 3.83. The van der Waals surface area contributed by atoms with Crippen LogP contribution in [0.3, 0.4) is 0 Å². The van der Waals surface area contributed by atoms with Crippen molar-refractivity contribution >= 4 is 23.9 Å². The molecular weight excluding hydrogens is 560 g/mol. The minimum absolute atomic E-state index is 0.190. The minimum atomic E-state index is -1.09. The number of hydrogen-bond donors (Lipinski definition) is 2. The third kappa shape index (κ3) is 9.29. The molecule has 10 nitrogen and oxygen atoms in total. The molecule has 2 N–H and O–H groups in total. The van der Waals surface area contributed by atoms with Gasteiger partial charge < -0.3 is 29.9 Å². The molecule has 4 rings (SSSR count). The van der Waals surface area contributed by atoms with E-state index in [-0.39, 0.29) is 25.0 Å². The van der Waals surface area contributed by atoms with Crippen LogP contribution in [0.5, 0.6) is 0 Å². The highest BCUT2D eigenvalue weighted by Gasteiger charge is 2.54. The van der Waals surface area contributed by atoms with Gasteiger partial charge in [-0.1, -0.05) is 60.7 Å². The van der Waals surface area contributed by atoms with Crippen molar-refractivity contribution in [3.05, 3.63) is 71.8 Å². The Balaban J connectivity index is 1.31. The van der Waals surface area contributed by atoms with Gasteiger partial charge in [0, 0.05) is 26.2 Å². The molecule has 0 saturated carbocycles. The number of piperazine rings is 1. The number of amides is 3. The normalized spacial score (nSPS) is 18.5. The summed E-state index contributed by atoms with van der Waals surface area (Å²) in [4.78, 5) is 56.3. The molecule has 2 aromatic carbocycles. The lowest BCUT2D eigenvalue weighted by Crippen LogP contribution is -2.73. The number of unbranched alkanes of at least 4 members (excludes halogenated alkanes) is 1. The van der Waals surface area contributed by atoms with Crippen molar-refractivity contribution in [2.24, 2.45) is 0 Å². The fraction of sp³-hybridized carbons (Fsp3) is 0.529. The molecule has 2 aliphatic heterocycles. The zero-order valence-electron chi connectivity index (χ0n) is 26.2. The lowest BCUT2D eigenvalue weighted by molar-refractivity contribution is -0.171. The maximum absolute atomic E-state index is 13.8. The quantitative estimate of drug-likeness (QED) is 0.279. The number of carbonyl (C=O) groups is 4. The zero-order chi connectivity index (χ0) is 31.6. The van der Waals surface area contributed by atoms with Crippen LogP contribution in [0.25, 0.3) is 0 Å². The fourth-order valence-electron chi connectivity index (χ4n) is 5.82. The second kappa shape index (κ2) is 15.2. The first kappa shape index (κ1) is 33.0. The number of likely N-dealkylation sites (tertiary alicyclic amines) is 1. The molecule has 1 atom stereocenters. The molecule has 1 spiro atoms. The highest BCUT2D eigenvalue weighted by atomic mass is 16.6. The maximum atomic E-state index is 13.8. The van der Waals surface area contributed by atoms with Gasteiger partial charge in [-0.05, 0) is 70.4 Å². The summed E-state index contributed by atoms with van der Waals surface area (Å²) in [6.45, 7) is 7.81. The van der Waals surface area contributed by atoms with Crippen molar-refractivity contribution in [1.82, 2.24) is 20.4 Å². The SMILES string of the molecule is CC(C)(C)OC(=O)CN1C(=O)[C@H](CCCCNC(=O)OCc2ccccc2)NC(=O)C12CCN(CCc1ccccc1)CC2. The van der Waals surface area contributed by atoms with Gasteiger partial charge in [0.05, 0.1) is 0 Å². The molecule has 2 fully saturated rings. The standard InChI is InChI=1S/C34H46N4O6/c1-33(2,3)44-29(39)24-38-30(40)28(16-10-11-20-35-32(42)43-25-27-14-8-5-9-15-27)36-31(41)34(38)18-22-37(23-19-34)21-17-26-12-6-4-7-13-26/h4-9,12-15,28H,10-11,16-25H2,1-3H3,(H,35,42)(H,36,41)/t28-/m0/s1. The summed E-state index contributed by atoms with van der Waals surface area (Å²) >= 11 is 0. The van der Waals surface area contributed by atoms with E-state index in [0.717, 1.165) is 18.5 Å². The molecule has 0 radical (unpaired) electrons. The van der Waals surface area contributed by atoms with Crippen LogP contribution in [-0.2, 0) is 36.9 Å². The number of rotatable bonds is 12. The van der Waals surface area contributed by atoms with Crippen LogP contribution >= 0.6 is 0 Å². The van der Waals surface area contributed by atoms with Crippen molar-refractivity contribution < 1.29 is 28.7 Å². The molecule has 0 aromatic heterocycles. The molecule has 238 valence electrons. The van der Waals surface area contributed by atoms with E-state index in [1.54, 1.807) is 20.8 Å². The lowest BCUT2D eigenvalue weighted by atomic mass is 9.81. The monoisotopic (exact) mass is 606 g/mol. The number of nitrogens with one attached hydrogen (secondary N) is 2. The Morgan fingerprint density at radius 2 is 1.59 bits per heavy atom. The molecule has 0 bridgehead atoms.